The van der Waals surface area contributed by atoms with Gasteiger partial charge in [0, 0.05) is 37.3 Å². The lowest BCUT2D eigenvalue weighted by molar-refractivity contribution is -0.144. The number of hydrogen-bond donors (Lipinski definition) is 1. The Labute approximate surface area is 149 Å². The lowest BCUT2D eigenvalue weighted by Crippen LogP contribution is -2.51. The number of amides is 1. The second-order valence-electron chi connectivity index (χ2n) is 7.18. The fraction of sp³-hybridized carbons (Fsp3) is 0.722. The Morgan fingerprint density at radius 2 is 2.08 bits per heavy atom. The van der Waals surface area contributed by atoms with E-state index in [1.54, 1.807) is 0 Å². The molecule has 0 spiro atoms. The van der Waals surface area contributed by atoms with Gasteiger partial charge in [-0.3, -0.25) is 4.79 Å². The van der Waals surface area contributed by atoms with Crippen LogP contribution in [-0.2, 0) is 9.53 Å². The molecule has 0 bridgehead atoms. The molecule has 2 saturated heterocycles. The summed E-state index contributed by atoms with van der Waals surface area (Å²) in [4.78, 5) is 25.7. The van der Waals surface area contributed by atoms with Crippen LogP contribution in [0.25, 0.3) is 0 Å². The first-order valence-electron chi connectivity index (χ1n) is 9.16. The van der Waals surface area contributed by atoms with E-state index in [2.05, 4.69) is 27.2 Å². The third kappa shape index (κ3) is 4.67. The molecule has 1 aromatic rings. The van der Waals surface area contributed by atoms with Crippen LogP contribution in [0.15, 0.2) is 6.20 Å². The first-order chi connectivity index (χ1) is 12.0. The van der Waals surface area contributed by atoms with Crippen LogP contribution < -0.4 is 5.32 Å². The molecule has 138 valence electrons. The number of aromatic nitrogens is 2. The summed E-state index contributed by atoms with van der Waals surface area (Å²) in [5.74, 6) is 2.07. The van der Waals surface area contributed by atoms with Crippen molar-refractivity contribution >= 4 is 11.7 Å². The number of hydrogen-bond acceptors (Lipinski definition) is 6. The molecule has 2 aliphatic heterocycles. The maximum absolute atomic E-state index is 12.8. The zero-order chi connectivity index (χ0) is 17.8. The molecular formula is C18H29N5O2. The summed E-state index contributed by atoms with van der Waals surface area (Å²) in [6.07, 6.45) is 3.76. The normalized spacial score (nSPS) is 22.8. The van der Waals surface area contributed by atoms with E-state index >= 15 is 0 Å². The van der Waals surface area contributed by atoms with Gasteiger partial charge in [-0.25, -0.2) is 9.97 Å². The molecule has 1 unspecified atom stereocenters. The van der Waals surface area contributed by atoms with Crippen LogP contribution in [0.5, 0.6) is 0 Å². The van der Waals surface area contributed by atoms with Crippen molar-refractivity contribution in [2.45, 2.75) is 32.8 Å². The van der Waals surface area contributed by atoms with Crippen molar-refractivity contribution < 1.29 is 9.53 Å². The van der Waals surface area contributed by atoms with Crippen molar-refractivity contribution in [3.8, 4) is 0 Å². The largest absolute Gasteiger partial charge is 0.373 e. The van der Waals surface area contributed by atoms with E-state index in [-0.39, 0.29) is 12.0 Å². The third-order valence-electron chi connectivity index (χ3n) is 5.11. The molecule has 1 amide bonds. The molecule has 3 heterocycles. The molecule has 0 radical (unpaired) electrons. The molecule has 1 N–H and O–H groups in total. The van der Waals surface area contributed by atoms with Gasteiger partial charge in [0.1, 0.15) is 11.6 Å². The number of anilines is 1. The van der Waals surface area contributed by atoms with E-state index in [4.69, 9.17) is 4.74 Å². The molecule has 3 rings (SSSR count). The number of likely N-dealkylation sites (tertiary alicyclic amines) is 1. The number of aryl methyl sites for hydroxylation is 2. The lowest BCUT2D eigenvalue weighted by atomic mass is 9.95. The van der Waals surface area contributed by atoms with Crippen molar-refractivity contribution in [1.82, 2.24) is 19.8 Å². The monoisotopic (exact) mass is 347 g/mol. The summed E-state index contributed by atoms with van der Waals surface area (Å²) < 4.78 is 5.85. The number of rotatable bonds is 4. The standard InChI is InChI=1S/C18H29N5O2/c1-13-10-19-14(2)21-17(13)20-11-16-12-23(8-9-25-16)18(24)15-4-6-22(3)7-5-15/h10,15-16H,4-9,11-12H2,1-3H3,(H,19,20,21). The van der Waals surface area contributed by atoms with Gasteiger partial charge in [-0.1, -0.05) is 0 Å². The van der Waals surface area contributed by atoms with Crippen LogP contribution in [0.2, 0.25) is 0 Å². The summed E-state index contributed by atoms with van der Waals surface area (Å²) in [6, 6.07) is 0. The Morgan fingerprint density at radius 3 is 2.84 bits per heavy atom. The highest BCUT2D eigenvalue weighted by molar-refractivity contribution is 5.79. The molecular weight excluding hydrogens is 318 g/mol. The van der Waals surface area contributed by atoms with Crippen molar-refractivity contribution in [1.29, 1.82) is 0 Å². The summed E-state index contributed by atoms with van der Waals surface area (Å²) in [5.41, 5.74) is 1.01. The van der Waals surface area contributed by atoms with Crippen molar-refractivity contribution in [3.05, 3.63) is 17.6 Å². The fourth-order valence-corrected chi connectivity index (χ4v) is 3.48. The predicted octanol–water partition coefficient (Wildman–Crippen LogP) is 1.07. The number of nitrogens with zero attached hydrogens (tertiary/aromatic N) is 4. The average Bonchev–Trinajstić information content (AvgIpc) is 2.63. The molecule has 2 aliphatic rings. The summed E-state index contributed by atoms with van der Waals surface area (Å²) >= 11 is 0. The van der Waals surface area contributed by atoms with E-state index in [1.165, 1.54) is 0 Å². The second kappa shape index (κ2) is 8.10. The van der Waals surface area contributed by atoms with Gasteiger partial charge in [0.15, 0.2) is 0 Å². The van der Waals surface area contributed by atoms with Gasteiger partial charge in [0.05, 0.1) is 12.7 Å². The molecule has 1 aromatic heterocycles. The van der Waals surface area contributed by atoms with Gasteiger partial charge < -0.3 is 19.9 Å². The quantitative estimate of drug-likeness (QED) is 0.879. The van der Waals surface area contributed by atoms with Crippen LogP contribution in [-0.4, -0.2) is 78.2 Å². The van der Waals surface area contributed by atoms with Crippen molar-refractivity contribution in [3.63, 3.8) is 0 Å². The zero-order valence-electron chi connectivity index (χ0n) is 15.5. The van der Waals surface area contributed by atoms with Crippen LogP contribution >= 0.6 is 0 Å². The maximum Gasteiger partial charge on any atom is 0.225 e. The van der Waals surface area contributed by atoms with Crippen molar-refractivity contribution in [2.24, 2.45) is 5.92 Å². The molecule has 0 aliphatic carbocycles. The minimum atomic E-state index is -0.00126. The van der Waals surface area contributed by atoms with Gasteiger partial charge in [0.2, 0.25) is 5.91 Å². The maximum atomic E-state index is 12.8. The van der Waals surface area contributed by atoms with E-state index in [0.717, 1.165) is 43.1 Å². The number of morpholine rings is 1. The number of nitrogens with one attached hydrogen (secondary N) is 1. The van der Waals surface area contributed by atoms with Crippen LogP contribution in [0.1, 0.15) is 24.2 Å². The molecule has 7 heteroatoms. The Bertz CT molecular complexity index is 601. The SMILES string of the molecule is Cc1ncc(C)c(NCC2CN(C(=O)C3CCN(C)CC3)CCO2)n1. The minimum absolute atomic E-state index is 0.00126. The van der Waals surface area contributed by atoms with E-state index in [9.17, 15) is 4.79 Å². The summed E-state index contributed by atoms with van der Waals surface area (Å²) in [6.45, 7) is 8.49. The molecule has 0 aromatic carbocycles. The summed E-state index contributed by atoms with van der Waals surface area (Å²) in [5, 5.41) is 3.35. The first-order valence-corrected chi connectivity index (χ1v) is 9.16. The van der Waals surface area contributed by atoms with Gasteiger partial charge in [0.25, 0.3) is 0 Å². The topological polar surface area (TPSA) is 70.6 Å². The highest BCUT2D eigenvalue weighted by Crippen LogP contribution is 2.20. The Balaban J connectivity index is 1.52. The molecule has 7 nitrogen and oxygen atoms in total. The van der Waals surface area contributed by atoms with Gasteiger partial charge in [-0.05, 0) is 46.8 Å². The molecule has 2 fully saturated rings. The Hall–Kier alpha value is -1.73. The molecule has 25 heavy (non-hydrogen) atoms. The van der Waals surface area contributed by atoms with E-state index in [0.29, 0.717) is 32.1 Å². The first kappa shape index (κ1) is 18.1. The van der Waals surface area contributed by atoms with Crippen molar-refractivity contribution in [2.75, 3.05) is 51.7 Å². The van der Waals surface area contributed by atoms with Gasteiger partial charge in [-0.15, -0.1) is 0 Å². The zero-order valence-corrected chi connectivity index (χ0v) is 15.5. The number of piperidine rings is 1. The van der Waals surface area contributed by atoms with Crippen LogP contribution in [0.3, 0.4) is 0 Å². The second-order valence-corrected chi connectivity index (χ2v) is 7.18. The van der Waals surface area contributed by atoms with Gasteiger partial charge >= 0.3 is 0 Å². The Morgan fingerprint density at radius 1 is 1.32 bits per heavy atom. The number of carbonyl (C=O) groups is 1. The molecule has 0 saturated carbocycles. The van der Waals surface area contributed by atoms with Crippen LogP contribution in [0.4, 0.5) is 5.82 Å². The summed E-state index contributed by atoms with van der Waals surface area (Å²) in [7, 11) is 2.12. The third-order valence-corrected chi connectivity index (χ3v) is 5.11. The fourth-order valence-electron chi connectivity index (χ4n) is 3.48. The highest BCUT2D eigenvalue weighted by Gasteiger charge is 2.31. The number of carbonyl (C=O) groups excluding carboxylic acids is 1. The average molecular weight is 347 g/mol. The highest BCUT2D eigenvalue weighted by atomic mass is 16.5. The smallest absolute Gasteiger partial charge is 0.225 e. The number of ether oxygens (including phenoxy) is 1. The van der Waals surface area contributed by atoms with Crippen LogP contribution in [0, 0.1) is 19.8 Å². The van der Waals surface area contributed by atoms with E-state index < -0.39 is 0 Å². The van der Waals surface area contributed by atoms with Gasteiger partial charge in [-0.2, -0.15) is 0 Å². The predicted molar refractivity (Wildman–Crippen MR) is 96.5 cm³/mol. The van der Waals surface area contributed by atoms with E-state index in [1.807, 2.05) is 24.9 Å². The lowest BCUT2D eigenvalue weighted by Gasteiger charge is -2.37. The molecule has 1 atom stereocenters. The minimum Gasteiger partial charge on any atom is -0.373 e. The Kier molecular flexibility index (Phi) is 5.86.